The molecule has 0 aromatic heterocycles. The Labute approximate surface area is 81.9 Å². The molecule has 1 rings (SSSR count). The van der Waals surface area contributed by atoms with Crippen molar-refractivity contribution < 1.29 is 4.79 Å². The molecule has 4 heteroatoms. The predicted octanol–water partition coefficient (Wildman–Crippen LogP) is 1.76. The summed E-state index contributed by atoms with van der Waals surface area (Å²) in [5.74, 6) is -0.210. The van der Waals surface area contributed by atoms with Crippen LogP contribution in [0.25, 0.3) is 0 Å². The Morgan fingerprint density at radius 2 is 2.15 bits per heavy atom. The summed E-state index contributed by atoms with van der Waals surface area (Å²) < 4.78 is 0. The third-order valence-corrected chi connectivity index (χ3v) is 1.77. The molecule has 0 fully saturated rings. The van der Waals surface area contributed by atoms with E-state index < -0.39 is 5.91 Å². The summed E-state index contributed by atoms with van der Waals surface area (Å²) in [6.07, 6.45) is 0. The number of nitrogens with one attached hydrogen (secondary N) is 2. The van der Waals surface area contributed by atoms with Gasteiger partial charge in [-0.2, -0.15) is 0 Å². The fraction of sp³-hybridized carbons (Fsp3) is 0.222. The minimum atomic E-state index is -0.683. The highest BCUT2D eigenvalue weighted by molar-refractivity contribution is 6.18. The van der Waals surface area contributed by atoms with Gasteiger partial charge in [0.05, 0.1) is 5.56 Å². The first-order valence-electron chi connectivity index (χ1n) is 3.90. The van der Waals surface area contributed by atoms with E-state index in [1.165, 1.54) is 0 Å². The van der Waals surface area contributed by atoms with Crippen LogP contribution in [0.1, 0.15) is 10.4 Å². The molecule has 0 saturated heterocycles. The zero-order chi connectivity index (χ0) is 9.68. The lowest BCUT2D eigenvalue weighted by Gasteiger charge is -2.06. The molecule has 0 atom stereocenters. The van der Waals surface area contributed by atoms with Crippen LogP contribution in [0.15, 0.2) is 24.3 Å². The summed E-state index contributed by atoms with van der Waals surface area (Å²) in [5.41, 5.74) is 8.03. The van der Waals surface area contributed by atoms with E-state index in [1.807, 2.05) is 6.07 Å². The topological polar surface area (TPSA) is 52.9 Å². The number of para-hydroxylation sites is 1. The summed E-state index contributed by atoms with van der Waals surface area (Å²) >= 11 is 5.49. The van der Waals surface area contributed by atoms with Gasteiger partial charge in [0.15, 0.2) is 0 Å². The molecule has 1 amide bonds. The second-order valence-electron chi connectivity index (χ2n) is 2.49. The van der Waals surface area contributed by atoms with E-state index in [9.17, 15) is 4.79 Å². The molecular formula is C9H10ClN2O. The molecule has 1 radical (unpaired) electrons. The van der Waals surface area contributed by atoms with E-state index in [1.54, 1.807) is 18.2 Å². The summed E-state index contributed by atoms with van der Waals surface area (Å²) in [4.78, 5) is 10.8. The van der Waals surface area contributed by atoms with Gasteiger partial charge in [0.2, 0.25) is 0 Å². The van der Waals surface area contributed by atoms with Crippen molar-refractivity contribution in [2.45, 2.75) is 0 Å². The average molecular weight is 198 g/mol. The standard InChI is InChI=1S/C9H10ClN2O/c10-5-6-12-8-4-2-1-3-7(8)9(11)13/h1-4,11-12H,5-6H2. The molecule has 0 aliphatic rings. The molecule has 13 heavy (non-hydrogen) atoms. The molecular weight excluding hydrogens is 188 g/mol. The van der Waals surface area contributed by atoms with Crippen molar-refractivity contribution in [3.05, 3.63) is 29.8 Å². The van der Waals surface area contributed by atoms with Crippen LogP contribution in [0.4, 0.5) is 5.69 Å². The first-order valence-corrected chi connectivity index (χ1v) is 4.44. The van der Waals surface area contributed by atoms with Gasteiger partial charge in [-0.1, -0.05) is 12.1 Å². The van der Waals surface area contributed by atoms with Gasteiger partial charge in [-0.05, 0) is 12.1 Å². The maximum absolute atomic E-state index is 10.8. The number of carbonyl (C=O) groups is 1. The van der Waals surface area contributed by atoms with Gasteiger partial charge < -0.3 is 5.32 Å². The van der Waals surface area contributed by atoms with Crippen LogP contribution in [-0.2, 0) is 0 Å². The zero-order valence-corrected chi connectivity index (χ0v) is 7.77. The minimum absolute atomic E-state index is 0.382. The Hall–Kier alpha value is -1.22. The van der Waals surface area contributed by atoms with Crippen molar-refractivity contribution in [3.63, 3.8) is 0 Å². The highest BCUT2D eigenvalue weighted by Gasteiger charge is 2.05. The lowest BCUT2D eigenvalue weighted by molar-refractivity contribution is 0.0993. The van der Waals surface area contributed by atoms with Crippen LogP contribution in [0, 0.1) is 0 Å². The number of carbonyl (C=O) groups excluding carboxylic acids is 1. The third-order valence-electron chi connectivity index (χ3n) is 1.58. The van der Waals surface area contributed by atoms with Crippen LogP contribution in [0.3, 0.4) is 0 Å². The lowest BCUT2D eigenvalue weighted by Crippen LogP contribution is -2.08. The Balaban J connectivity index is 2.84. The smallest absolute Gasteiger partial charge is 0.271 e. The summed E-state index contributed by atoms with van der Waals surface area (Å²) in [6.45, 7) is 0.589. The molecule has 69 valence electrons. The predicted molar refractivity (Wildman–Crippen MR) is 53.1 cm³/mol. The van der Waals surface area contributed by atoms with Gasteiger partial charge >= 0.3 is 0 Å². The summed E-state index contributed by atoms with van der Waals surface area (Å²) in [7, 11) is 0. The van der Waals surface area contributed by atoms with Crippen molar-refractivity contribution in [2.75, 3.05) is 17.7 Å². The molecule has 1 aromatic carbocycles. The number of hydrogen-bond acceptors (Lipinski definition) is 2. The van der Waals surface area contributed by atoms with E-state index in [0.717, 1.165) is 0 Å². The quantitative estimate of drug-likeness (QED) is 0.748. The maximum atomic E-state index is 10.8. The fourth-order valence-electron chi connectivity index (χ4n) is 1.02. The van der Waals surface area contributed by atoms with Crippen molar-refractivity contribution >= 4 is 23.2 Å². The summed E-state index contributed by atoms with van der Waals surface area (Å²) in [6, 6.07) is 6.91. The Morgan fingerprint density at radius 1 is 1.46 bits per heavy atom. The number of benzene rings is 1. The second-order valence-corrected chi connectivity index (χ2v) is 2.87. The van der Waals surface area contributed by atoms with Crippen LogP contribution < -0.4 is 11.1 Å². The molecule has 0 spiro atoms. The van der Waals surface area contributed by atoms with E-state index >= 15 is 0 Å². The Bertz CT molecular complexity index is 301. The van der Waals surface area contributed by atoms with Crippen LogP contribution in [0.2, 0.25) is 0 Å². The van der Waals surface area contributed by atoms with E-state index in [4.69, 9.17) is 17.3 Å². The summed E-state index contributed by atoms with van der Waals surface area (Å²) in [5, 5.41) is 2.97. The molecule has 1 aromatic rings. The Kier molecular flexibility index (Phi) is 3.58. The minimum Gasteiger partial charge on any atom is -0.383 e. The number of rotatable bonds is 4. The first kappa shape index (κ1) is 9.86. The van der Waals surface area contributed by atoms with Gasteiger partial charge in [0, 0.05) is 18.1 Å². The zero-order valence-electron chi connectivity index (χ0n) is 7.01. The van der Waals surface area contributed by atoms with Crippen molar-refractivity contribution in [2.24, 2.45) is 0 Å². The normalized spacial score (nSPS) is 9.62. The van der Waals surface area contributed by atoms with Gasteiger partial charge in [-0.15, -0.1) is 11.6 Å². The number of alkyl halides is 1. The van der Waals surface area contributed by atoms with E-state index in [2.05, 4.69) is 5.32 Å². The van der Waals surface area contributed by atoms with Crippen LogP contribution in [-0.4, -0.2) is 18.3 Å². The molecule has 0 heterocycles. The van der Waals surface area contributed by atoms with Crippen LogP contribution >= 0.6 is 11.6 Å². The number of anilines is 1. The van der Waals surface area contributed by atoms with E-state index in [0.29, 0.717) is 23.7 Å². The fourth-order valence-corrected chi connectivity index (χ4v) is 1.11. The van der Waals surface area contributed by atoms with Crippen molar-refractivity contribution in [3.8, 4) is 0 Å². The van der Waals surface area contributed by atoms with Crippen LogP contribution in [0.5, 0.6) is 0 Å². The number of amides is 1. The first-order chi connectivity index (χ1) is 6.25. The van der Waals surface area contributed by atoms with Gasteiger partial charge in [0.1, 0.15) is 0 Å². The highest BCUT2D eigenvalue weighted by Crippen LogP contribution is 2.13. The Morgan fingerprint density at radius 3 is 2.77 bits per heavy atom. The lowest BCUT2D eigenvalue weighted by atomic mass is 10.1. The highest BCUT2D eigenvalue weighted by atomic mass is 35.5. The number of halogens is 1. The molecule has 3 nitrogen and oxygen atoms in total. The van der Waals surface area contributed by atoms with Crippen molar-refractivity contribution in [1.29, 1.82) is 0 Å². The van der Waals surface area contributed by atoms with Gasteiger partial charge in [-0.3, -0.25) is 10.5 Å². The molecule has 0 saturated carbocycles. The molecule has 0 unspecified atom stereocenters. The monoisotopic (exact) mass is 197 g/mol. The molecule has 0 aliphatic heterocycles. The van der Waals surface area contributed by atoms with E-state index in [-0.39, 0.29) is 0 Å². The molecule has 0 bridgehead atoms. The number of hydrogen-bond donors (Lipinski definition) is 1. The average Bonchev–Trinajstić information content (AvgIpc) is 2.15. The van der Waals surface area contributed by atoms with Crippen molar-refractivity contribution in [1.82, 2.24) is 5.73 Å². The molecule has 0 aliphatic carbocycles. The maximum Gasteiger partial charge on any atom is 0.271 e. The van der Waals surface area contributed by atoms with Gasteiger partial charge in [0.25, 0.3) is 5.91 Å². The third kappa shape index (κ3) is 2.63. The molecule has 2 N–H and O–H groups in total. The second kappa shape index (κ2) is 4.72. The largest absolute Gasteiger partial charge is 0.383 e. The van der Waals surface area contributed by atoms with Gasteiger partial charge in [-0.25, -0.2) is 0 Å². The SMILES string of the molecule is [NH]C(=O)c1ccccc1NCCCl.